The van der Waals surface area contributed by atoms with Crippen molar-refractivity contribution < 1.29 is 19.1 Å². The smallest absolute Gasteiger partial charge is 0.338 e. The Hall–Kier alpha value is -4.02. The number of methoxy groups -OCH3 is 1. The molecule has 0 radical (unpaired) electrons. The van der Waals surface area contributed by atoms with E-state index in [1.54, 1.807) is 24.5 Å². The number of hydrogen-bond donors (Lipinski definition) is 0. The second-order valence-electron chi connectivity index (χ2n) is 9.42. The van der Waals surface area contributed by atoms with Crippen LogP contribution >= 0.6 is 22.7 Å². The van der Waals surface area contributed by atoms with Gasteiger partial charge in [-0.05, 0) is 81.5 Å². The monoisotopic (exact) mass is 575 g/mol. The third-order valence-electron chi connectivity index (χ3n) is 7.04. The summed E-state index contributed by atoms with van der Waals surface area (Å²) in [7, 11) is 1.37. The first-order chi connectivity index (χ1) is 19.2. The second kappa shape index (κ2) is 10.9. The van der Waals surface area contributed by atoms with E-state index >= 15 is 0 Å². The molecule has 1 atom stereocenters. The van der Waals surface area contributed by atoms with Crippen molar-refractivity contribution in [1.29, 1.82) is 0 Å². The van der Waals surface area contributed by atoms with Gasteiger partial charge in [0.05, 0.1) is 35.1 Å². The van der Waals surface area contributed by atoms with E-state index in [1.807, 2.05) is 62.6 Å². The number of ether oxygens (including phenoxy) is 2. The van der Waals surface area contributed by atoms with Crippen LogP contribution in [0.5, 0.6) is 0 Å². The molecule has 10 heteroatoms. The van der Waals surface area contributed by atoms with Crippen molar-refractivity contribution in [2.75, 3.05) is 13.7 Å². The topological polar surface area (TPSA) is 91.9 Å². The first kappa shape index (κ1) is 27.5. The third kappa shape index (κ3) is 4.56. The van der Waals surface area contributed by atoms with Crippen LogP contribution in [0, 0.1) is 20.8 Å². The molecule has 4 aromatic rings. The normalized spacial score (nSPS) is 15.2. The summed E-state index contributed by atoms with van der Waals surface area (Å²) in [6, 6.07) is 10.8. The number of aryl methyl sites for hydroxylation is 1. The summed E-state index contributed by atoms with van der Waals surface area (Å²) in [6.07, 6.45) is 1.87. The van der Waals surface area contributed by atoms with Gasteiger partial charge in [-0.15, -0.1) is 11.3 Å². The number of fused-ring (bicyclic) bond motifs is 1. The number of esters is 2. The van der Waals surface area contributed by atoms with Crippen LogP contribution in [0.4, 0.5) is 0 Å². The molecule has 8 nitrogen and oxygen atoms in total. The van der Waals surface area contributed by atoms with Crippen molar-refractivity contribution in [3.8, 4) is 5.69 Å². The molecular formula is C30H29N3O5S2. The van der Waals surface area contributed by atoms with Gasteiger partial charge in [0.15, 0.2) is 4.80 Å². The number of benzene rings is 1. The maximum atomic E-state index is 13.9. The molecule has 0 bridgehead atoms. The molecule has 0 aliphatic carbocycles. The zero-order valence-corrected chi connectivity index (χ0v) is 24.7. The predicted molar refractivity (Wildman–Crippen MR) is 156 cm³/mol. The summed E-state index contributed by atoms with van der Waals surface area (Å²) in [5.41, 5.74) is 5.64. The highest BCUT2D eigenvalue weighted by Gasteiger charge is 2.34. The van der Waals surface area contributed by atoms with Gasteiger partial charge in [0.25, 0.3) is 5.56 Å². The summed E-state index contributed by atoms with van der Waals surface area (Å²) in [6.45, 7) is 9.63. The highest BCUT2D eigenvalue weighted by Crippen LogP contribution is 2.33. The lowest BCUT2D eigenvalue weighted by Crippen LogP contribution is -2.39. The number of allylic oxidation sites excluding steroid dienone is 1. The zero-order valence-electron chi connectivity index (χ0n) is 23.1. The molecule has 0 spiro atoms. The van der Waals surface area contributed by atoms with E-state index in [9.17, 15) is 14.4 Å². The van der Waals surface area contributed by atoms with Gasteiger partial charge in [-0.1, -0.05) is 23.5 Å². The summed E-state index contributed by atoms with van der Waals surface area (Å²) < 4.78 is 14.5. The maximum absolute atomic E-state index is 13.9. The van der Waals surface area contributed by atoms with Gasteiger partial charge >= 0.3 is 11.9 Å². The van der Waals surface area contributed by atoms with Crippen LogP contribution in [-0.4, -0.2) is 34.8 Å². The third-order valence-corrected chi connectivity index (χ3v) is 8.95. The SMILES string of the molecule is CCOC(=O)C1=C(C)N=c2s/c(=C/c3cc(C)n(-c4cccc(C(=O)OC)c4C)c3C)c(=O)n2C1c1cccs1. The molecule has 0 saturated heterocycles. The lowest BCUT2D eigenvalue weighted by Gasteiger charge is -2.23. The first-order valence-electron chi connectivity index (χ1n) is 12.8. The Balaban J connectivity index is 1.67. The van der Waals surface area contributed by atoms with Gasteiger partial charge in [0, 0.05) is 22.0 Å². The van der Waals surface area contributed by atoms with Gasteiger partial charge in [0.2, 0.25) is 0 Å². The van der Waals surface area contributed by atoms with Crippen molar-refractivity contribution in [3.63, 3.8) is 0 Å². The number of thiophene rings is 1. The van der Waals surface area contributed by atoms with Crippen LogP contribution in [0.3, 0.4) is 0 Å². The van der Waals surface area contributed by atoms with E-state index in [-0.39, 0.29) is 18.1 Å². The Kier molecular flexibility index (Phi) is 7.48. The quantitative estimate of drug-likeness (QED) is 0.319. The average Bonchev–Trinajstić information content (AvgIpc) is 3.63. The first-order valence-corrected chi connectivity index (χ1v) is 14.5. The number of thiazole rings is 1. The van der Waals surface area contributed by atoms with Crippen LogP contribution in [0.2, 0.25) is 0 Å². The van der Waals surface area contributed by atoms with E-state index in [1.165, 1.54) is 29.8 Å². The minimum Gasteiger partial charge on any atom is -0.465 e. The van der Waals surface area contributed by atoms with Crippen LogP contribution in [0.1, 0.15) is 57.6 Å². The number of hydrogen-bond acceptors (Lipinski definition) is 8. The summed E-state index contributed by atoms with van der Waals surface area (Å²) >= 11 is 2.78. The molecule has 206 valence electrons. The summed E-state index contributed by atoms with van der Waals surface area (Å²) in [5.74, 6) is -0.856. The van der Waals surface area contributed by atoms with Crippen LogP contribution in [0.25, 0.3) is 11.8 Å². The number of nitrogens with zero attached hydrogens (tertiary/aromatic N) is 3. The molecule has 0 N–H and O–H groups in total. The Bertz CT molecular complexity index is 1860. The molecule has 1 aromatic carbocycles. The molecule has 1 aliphatic rings. The largest absolute Gasteiger partial charge is 0.465 e. The van der Waals surface area contributed by atoms with Gasteiger partial charge < -0.3 is 14.0 Å². The van der Waals surface area contributed by atoms with E-state index in [4.69, 9.17) is 9.47 Å². The van der Waals surface area contributed by atoms with E-state index < -0.39 is 12.0 Å². The standard InChI is InChI=1S/C30H29N3O5S2/c1-7-38-29(36)25-18(4)31-30-33(26(25)23-12-9-13-39-23)27(34)24(40-30)15-20-14-16(2)32(19(20)5)22-11-8-10-21(17(22)3)28(35)37-6/h8-15,26H,7H2,1-6H3/b24-15+. The van der Waals surface area contributed by atoms with Crippen molar-refractivity contribution in [1.82, 2.24) is 9.13 Å². The van der Waals surface area contributed by atoms with Gasteiger partial charge in [0.1, 0.15) is 6.04 Å². The van der Waals surface area contributed by atoms with E-state index in [0.717, 1.165) is 33.1 Å². The Labute approximate surface area is 239 Å². The average molecular weight is 576 g/mol. The Morgan fingerprint density at radius 2 is 1.88 bits per heavy atom. The fraction of sp³-hybridized carbons (Fsp3) is 0.267. The molecule has 1 unspecified atom stereocenters. The molecular weight excluding hydrogens is 546 g/mol. The molecule has 4 heterocycles. The minimum atomic E-state index is -0.603. The van der Waals surface area contributed by atoms with Crippen LogP contribution in [-0.2, 0) is 14.3 Å². The van der Waals surface area contributed by atoms with Crippen LogP contribution < -0.4 is 14.9 Å². The Morgan fingerprint density at radius 1 is 1.10 bits per heavy atom. The minimum absolute atomic E-state index is 0.217. The van der Waals surface area contributed by atoms with Crippen molar-refractivity contribution in [3.05, 3.63) is 106 Å². The Morgan fingerprint density at radius 3 is 2.55 bits per heavy atom. The van der Waals surface area contributed by atoms with Gasteiger partial charge in [-0.25, -0.2) is 14.6 Å². The number of carbonyl (C=O) groups excluding carboxylic acids is 2. The highest BCUT2D eigenvalue weighted by atomic mass is 32.1. The molecule has 3 aromatic heterocycles. The number of carbonyl (C=O) groups is 2. The van der Waals surface area contributed by atoms with E-state index in [0.29, 0.717) is 26.2 Å². The van der Waals surface area contributed by atoms with Crippen molar-refractivity contribution >= 4 is 40.7 Å². The fourth-order valence-corrected chi connectivity index (χ4v) is 7.01. The molecule has 40 heavy (non-hydrogen) atoms. The molecule has 0 amide bonds. The summed E-state index contributed by atoms with van der Waals surface area (Å²) in [5, 5.41) is 1.93. The molecule has 1 aliphatic heterocycles. The van der Waals surface area contributed by atoms with Gasteiger partial charge in [-0.2, -0.15) is 0 Å². The molecule has 0 saturated carbocycles. The molecule has 5 rings (SSSR count). The fourth-order valence-electron chi connectivity index (χ4n) is 5.15. The summed E-state index contributed by atoms with van der Waals surface area (Å²) in [4.78, 5) is 45.2. The van der Waals surface area contributed by atoms with Crippen molar-refractivity contribution in [2.24, 2.45) is 4.99 Å². The predicted octanol–water partition coefficient (Wildman–Crippen LogP) is 4.36. The molecule has 0 fully saturated rings. The highest BCUT2D eigenvalue weighted by molar-refractivity contribution is 7.10. The lowest BCUT2D eigenvalue weighted by atomic mass is 10.0. The number of aromatic nitrogens is 2. The van der Waals surface area contributed by atoms with E-state index in [2.05, 4.69) is 9.56 Å². The van der Waals surface area contributed by atoms with Crippen LogP contribution in [0.15, 0.2) is 62.8 Å². The second-order valence-corrected chi connectivity index (χ2v) is 11.4. The van der Waals surface area contributed by atoms with Crippen molar-refractivity contribution in [2.45, 2.75) is 40.7 Å². The number of rotatable bonds is 6. The zero-order chi connectivity index (χ0) is 28.7. The maximum Gasteiger partial charge on any atom is 0.338 e. The lowest BCUT2D eigenvalue weighted by molar-refractivity contribution is -0.139. The van der Waals surface area contributed by atoms with Gasteiger partial charge in [-0.3, -0.25) is 9.36 Å².